The fourth-order valence-electron chi connectivity index (χ4n) is 2.46. The molecule has 82 valence electrons. The molecule has 2 unspecified atom stereocenters. The Balaban J connectivity index is 1.74. The van der Waals surface area contributed by atoms with E-state index in [9.17, 15) is 5.11 Å². The van der Waals surface area contributed by atoms with Crippen molar-refractivity contribution < 1.29 is 5.11 Å². The zero-order valence-corrected chi connectivity index (χ0v) is 9.24. The molecule has 2 fully saturated rings. The molecule has 0 aromatic carbocycles. The molecule has 2 rings (SSSR count). The van der Waals surface area contributed by atoms with Crippen LogP contribution in [0.15, 0.2) is 0 Å². The predicted octanol–water partition coefficient (Wildman–Crippen LogP) is 0.582. The first-order valence-electron chi connectivity index (χ1n) is 5.84. The summed E-state index contributed by atoms with van der Waals surface area (Å²) in [5, 5.41) is 12.6. The Bertz CT molecular complexity index is 192. The summed E-state index contributed by atoms with van der Waals surface area (Å²) < 4.78 is 0. The fourth-order valence-corrected chi connectivity index (χ4v) is 2.46. The highest BCUT2D eigenvalue weighted by atomic mass is 16.3. The lowest BCUT2D eigenvalue weighted by Crippen LogP contribution is -2.37. The second-order valence-corrected chi connectivity index (χ2v) is 4.97. The van der Waals surface area contributed by atoms with E-state index in [0.717, 1.165) is 18.6 Å². The first kappa shape index (κ1) is 10.4. The summed E-state index contributed by atoms with van der Waals surface area (Å²) in [6.45, 7) is 6.07. The first-order valence-corrected chi connectivity index (χ1v) is 5.84. The van der Waals surface area contributed by atoms with Crippen LogP contribution in [0.2, 0.25) is 0 Å². The number of hydrogen-bond acceptors (Lipinski definition) is 3. The van der Waals surface area contributed by atoms with Crippen molar-refractivity contribution in [2.45, 2.75) is 57.3 Å². The average molecular weight is 198 g/mol. The minimum absolute atomic E-state index is 0.222. The monoisotopic (exact) mass is 198 g/mol. The third-order valence-electron chi connectivity index (χ3n) is 3.34. The zero-order valence-electron chi connectivity index (χ0n) is 9.24. The van der Waals surface area contributed by atoms with Crippen LogP contribution in [0.25, 0.3) is 0 Å². The molecular weight excluding hydrogens is 176 g/mol. The van der Waals surface area contributed by atoms with Gasteiger partial charge in [-0.05, 0) is 33.1 Å². The van der Waals surface area contributed by atoms with Crippen LogP contribution < -0.4 is 5.32 Å². The van der Waals surface area contributed by atoms with E-state index >= 15 is 0 Å². The Hall–Kier alpha value is -0.120. The van der Waals surface area contributed by atoms with Crippen molar-refractivity contribution in [2.75, 3.05) is 13.1 Å². The average Bonchev–Trinajstić information content (AvgIpc) is 2.88. The summed E-state index contributed by atoms with van der Waals surface area (Å²) in [7, 11) is 0. The van der Waals surface area contributed by atoms with Crippen LogP contribution in [-0.4, -0.2) is 47.3 Å². The normalized spacial score (nSPS) is 36.2. The summed E-state index contributed by atoms with van der Waals surface area (Å²) in [6.07, 6.45) is 3.81. The molecular formula is C11H22N2O. The summed E-state index contributed by atoms with van der Waals surface area (Å²) in [6, 6.07) is 2.21. The maximum absolute atomic E-state index is 9.19. The minimum atomic E-state index is -0.222. The number of nitrogens with zero attached hydrogens (tertiary/aromatic N) is 1. The highest BCUT2D eigenvalue weighted by Crippen LogP contribution is 2.33. The minimum Gasteiger partial charge on any atom is -0.392 e. The largest absolute Gasteiger partial charge is 0.392 e. The van der Waals surface area contributed by atoms with Crippen molar-refractivity contribution in [1.82, 2.24) is 10.2 Å². The molecule has 1 aliphatic heterocycles. The van der Waals surface area contributed by atoms with Gasteiger partial charge in [-0.3, -0.25) is 4.90 Å². The number of likely N-dealkylation sites (tertiary alicyclic amines) is 1. The molecule has 0 bridgehead atoms. The van der Waals surface area contributed by atoms with Gasteiger partial charge in [0.25, 0.3) is 0 Å². The van der Waals surface area contributed by atoms with Gasteiger partial charge in [0.05, 0.1) is 6.10 Å². The van der Waals surface area contributed by atoms with Gasteiger partial charge in [-0.25, -0.2) is 0 Å². The lowest BCUT2D eigenvalue weighted by atomic mass is 10.2. The van der Waals surface area contributed by atoms with Crippen LogP contribution in [0.1, 0.15) is 33.1 Å². The first-order chi connectivity index (χ1) is 6.66. The Morgan fingerprint density at radius 3 is 2.79 bits per heavy atom. The maximum atomic E-state index is 9.19. The Morgan fingerprint density at radius 2 is 2.21 bits per heavy atom. The smallest absolute Gasteiger partial charge is 0.0636 e. The van der Waals surface area contributed by atoms with Crippen LogP contribution in [0.4, 0.5) is 0 Å². The maximum Gasteiger partial charge on any atom is 0.0636 e. The second kappa shape index (κ2) is 4.17. The molecule has 1 heterocycles. The zero-order chi connectivity index (χ0) is 10.1. The van der Waals surface area contributed by atoms with E-state index in [4.69, 9.17) is 0 Å². The van der Waals surface area contributed by atoms with Gasteiger partial charge >= 0.3 is 0 Å². The summed E-state index contributed by atoms with van der Waals surface area (Å²) in [4.78, 5) is 2.62. The quantitative estimate of drug-likeness (QED) is 0.694. The van der Waals surface area contributed by atoms with Crippen LogP contribution >= 0.6 is 0 Å². The highest BCUT2D eigenvalue weighted by Gasteiger charge is 2.38. The number of aliphatic hydroxyl groups excluding tert-OH is 1. The van der Waals surface area contributed by atoms with E-state index < -0.39 is 0 Å². The Labute approximate surface area is 86.5 Å². The standard InChI is InChI=1S/C11H22N2O/c1-8-5-10(12-6-9(2)14)7-13(8)11-3-4-11/h8-12,14H,3-7H2,1-2H3/t8?,9-,10?/m1/s1. The van der Waals surface area contributed by atoms with Crippen molar-refractivity contribution in [3.8, 4) is 0 Å². The van der Waals surface area contributed by atoms with Gasteiger partial charge in [-0.1, -0.05) is 0 Å². The van der Waals surface area contributed by atoms with Crippen molar-refractivity contribution in [1.29, 1.82) is 0 Å². The van der Waals surface area contributed by atoms with E-state index in [2.05, 4.69) is 17.1 Å². The van der Waals surface area contributed by atoms with Crippen molar-refractivity contribution >= 4 is 0 Å². The summed E-state index contributed by atoms with van der Waals surface area (Å²) in [5.41, 5.74) is 0. The fraction of sp³-hybridized carbons (Fsp3) is 1.00. The molecule has 2 N–H and O–H groups in total. The topological polar surface area (TPSA) is 35.5 Å². The van der Waals surface area contributed by atoms with Crippen molar-refractivity contribution in [3.05, 3.63) is 0 Å². The third-order valence-corrected chi connectivity index (χ3v) is 3.34. The van der Waals surface area contributed by atoms with Crippen LogP contribution in [0, 0.1) is 0 Å². The third kappa shape index (κ3) is 2.47. The molecule has 3 nitrogen and oxygen atoms in total. The van der Waals surface area contributed by atoms with Crippen LogP contribution in [0.5, 0.6) is 0 Å². The molecule has 0 aromatic rings. The predicted molar refractivity (Wildman–Crippen MR) is 57.3 cm³/mol. The molecule has 0 radical (unpaired) electrons. The molecule has 0 spiro atoms. The van der Waals surface area contributed by atoms with E-state index in [-0.39, 0.29) is 6.10 Å². The highest BCUT2D eigenvalue weighted by molar-refractivity contribution is 4.95. The summed E-state index contributed by atoms with van der Waals surface area (Å²) >= 11 is 0. The SMILES string of the molecule is CC1CC(NC[C@@H](C)O)CN1C1CC1. The molecule has 1 saturated heterocycles. The summed E-state index contributed by atoms with van der Waals surface area (Å²) in [5.74, 6) is 0. The number of aliphatic hydroxyl groups is 1. The number of nitrogens with one attached hydrogen (secondary N) is 1. The van der Waals surface area contributed by atoms with Crippen LogP contribution in [-0.2, 0) is 0 Å². The molecule has 3 heteroatoms. The van der Waals surface area contributed by atoms with E-state index in [1.165, 1.54) is 25.8 Å². The van der Waals surface area contributed by atoms with Gasteiger partial charge < -0.3 is 10.4 Å². The van der Waals surface area contributed by atoms with Gasteiger partial charge in [0, 0.05) is 31.2 Å². The molecule has 3 atom stereocenters. The lowest BCUT2D eigenvalue weighted by molar-refractivity contribution is 0.185. The van der Waals surface area contributed by atoms with E-state index in [0.29, 0.717) is 6.04 Å². The molecule has 1 aliphatic carbocycles. The molecule has 0 aromatic heterocycles. The van der Waals surface area contributed by atoms with Gasteiger partial charge in [0.2, 0.25) is 0 Å². The van der Waals surface area contributed by atoms with Crippen LogP contribution in [0.3, 0.4) is 0 Å². The van der Waals surface area contributed by atoms with Gasteiger partial charge in [0.1, 0.15) is 0 Å². The number of hydrogen-bond donors (Lipinski definition) is 2. The molecule has 14 heavy (non-hydrogen) atoms. The van der Waals surface area contributed by atoms with Gasteiger partial charge in [0.15, 0.2) is 0 Å². The van der Waals surface area contributed by atoms with Gasteiger partial charge in [-0.15, -0.1) is 0 Å². The second-order valence-electron chi connectivity index (χ2n) is 4.97. The number of rotatable bonds is 4. The molecule has 1 saturated carbocycles. The van der Waals surface area contributed by atoms with Crippen molar-refractivity contribution in [3.63, 3.8) is 0 Å². The van der Waals surface area contributed by atoms with Crippen molar-refractivity contribution in [2.24, 2.45) is 0 Å². The molecule has 2 aliphatic rings. The Kier molecular flexibility index (Phi) is 3.10. The van der Waals surface area contributed by atoms with Gasteiger partial charge in [-0.2, -0.15) is 0 Å². The lowest BCUT2D eigenvalue weighted by Gasteiger charge is -2.19. The van der Waals surface area contributed by atoms with E-state index in [1.807, 2.05) is 6.92 Å². The van der Waals surface area contributed by atoms with E-state index in [1.54, 1.807) is 0 Å². The molecule has 0 amide bonds. The Morgan fingerprint density at radius 1 is 1.50 bits per heavy atom.